The molecular weight excluding hydrogens is 175 g/mol. The summed E-state index contributed by atoms with van der Waals surface area (Å²) in [6.45, 7) is 7.17. The van der Waals surface area contributed by atoms with Crippen LogP contribution in [0.4, 0.5) is 0 Å². The van der Waals surface area contributed by atoms with E-state index in [0.29, 0.717) is 0 Å². The molecule has 13 heavy (non-hydrogen) atoms. The fourth-order valence-electron chi connectivity index (χ4n) is 0.250. The summed E-state index contributed by atoms with van der Waals surface area (Å²) in [5.74, 6) is 0. The molecule has 5 nitrogen and oxygen atoms in total. The fourth-order valence-corrected chi connectivity index (χ4v) is 0.250. The van der Waals surface area contributed by atoms with E-state index in [-0.39, 0.29) is 0 Å². The van der Waals surface area contributed by atoms with Gasteiger partial charge < -0.3 is 24.9 Å². The van der Waals surface area contributed by atoms with Gasteiger partial charge in [0.25, 0.3) is 0 Å². The van der Waals surface area contributed by atoms with Gasteiger partial charge in [0, 0.05) is 7.11 Å². The van der Waals surface area contributed by atoms with Crippen LogP contribution in [0.25, 0.3) is 0 Å². The number of rotatable bonds is 2. The van der Waals surface area contributed by atoms with Gasteiger partial charge in [-0.1, -0.05) is 0 Å². The monoisotopic (exact) mass is 194 g/mol. The molecule has 0 aromatic rings. The van der Waals surface area contributed by atoms with Crippen molar-refractivity contribution in [2.45, 2.75) is 38.9 Å². The zero-order chi connectivity index (χ0) is 11.3. The third kappa shape index (κ3) is 8.20. The second-order valence-electron chi connectivity index (χ2n) is 3.62. The molecule has 0 heterocycles. The van der Waals surface area contributed by atoms with E-state index in [9.17, 15) is 5.11 Å². The third-order valence-electron chi connectivity index (χ3n) is 1.98. The Bertz CT molecular complexity index is 127. The van der Waals surface area contributed by atoms with Crippen LogP contribution in [0.3, 0.4) is 0 Å². The van der Waals surface area contributed by atoms with E-state index in [2.05, 4.69) is 0 Å². The molecule has 0 aromatic carbocycles. The maximum absolute atomic E-state index is 9.42. The highest BCUT2D eigenvalue weighted by Crippen LogP contribution is 2.23. The highest BCUT2D eigenvalue weighted by molar-refractivity contribution is 6.30. The number of ether oxygens (including phenoxy) is 1. The normalized spacial score (nSPS) is 11.8. The van der Waals surface area contributed by atoms with Gasteiger partial charge in [0.05, 0.1) is 11.2 Å². The van der Waals surface area contributed by atoms with Crippen LogP contribution in [0.2, 0.25) is 0 Å². The van der Waals surface area contributed by atoms with Gasteiger partial charge in [0.1, 0.15) is 0 Å². The molecular formula is C7H19BO5. The molecule has 4 N–H and O–H groups in total. The lowest BCUT2D eigenvalue weighted by Gasteiger charge is -2.35. The summed E-state index contributed by atoms with van der Waals surface area (Å²) >= 11 is 0. The third-order valence-corrected chi connectivity index (χ3v) is 1.98. The minimum absolute atomic E-state index is 0.465. The van der Waals surface area contributed by atoms with Crippen LogP contribution in [-0.4, -0.2) is 45.8 Å². The summed E-state index contributed by atoms with van der Waals surface area (Å²) in [4.78, 5) is 0. The van der Waals surface area contributed by atoms with Gasteiger partial charge in [0.15, 0.2) is 0 Å². The second kappa shape index (κ2) is 5.56. The van der Waals surface area contributed by atoms with E-state index in [1.807, 2.05) is 13.8 Å². The summed E-state index contributed by atoms with van der Waals surface area (Å²) in [7, 11) is -0.571. The van der Waals surface area contributed by atoms with Crippen molar-refractivity contribution in [2.75, 3.05) is 7.11 Å². The molecule has 0 saturated heterocycles. The van der Waals surface area contributed by atoms with Crippen LogP contribution in [0.5, 0.6) is 0 Å². The van der Waals surface area contributed by atoms with E-state index in [1.165, 1.54) is 0 Å². The molecule has 0 unspecified atom stereocenters. The maximum Gasteiger partial charge on any atom is 0.631 e. The summed E-state index contributed by atoms with van der Waals surface area (Å²) in [6.07, 6.45) is 0. The van der Waals surface area contributed by atoms with E-state index in [1.54, 1.807) is 21.0 Å². The Hall–Kier alpha value is -0.135. The van der Waals surface area contributed by atoms with E-state index in [0.717, 1.165) is 0 Å². The van der Waals surface area contributed by atoms with E-state index in [4.69, 9.17) is 19.8 Å². The molecule has 0 rings (SSSR count). The number of hydrogen-bond donors (Lipinski definition) is 4. The Morgan fingerprint density at radius 2 is 1.23 bits per heavy atom. The summed E-state index contributed by atoms with van der Waals surface area (Å²) in [6, 6.07) is 0. The van der Waals surface area contributed by atoms with Crippen LogP contribution in [0.1, 0.15) is 27.7 Å². The van der Waals surface area contributed by atoms with Gasteiger partial charge in [-0.15, -0.1) is 0 Å². The predicted octanol–water partition coefficient (Wildman–Crippen LogP) is -0.869. The Kier molecular flexibility index (Phi) is 6.57. The van der Waals surface area contributed by atoms with Gasteiger partial charge in [0.2, 0.25) is 0 Å². The van der Waals surface area contributed by atoms with E-state index >= 15 is 0 Å². The largest absolute Gasteiger partial charge is 0.631 e. The van der Waals surface area contributed by atoms with Crippen LogP contribution in [0.15, 0.2) is 0 Å². The molecule has 0 bridgehead atoms. The van der Waals surface area contributed by atoms with Gasteiger partial charge in [-0.2, -0.15) is 0 Å². The molecule has 0 aliphatic carbocycles. The van der Waals surface area contributed by atoms with Gasteiger partial charge >= 0.3 is 7.32 Å². The maximum atomic E-state index is 9.42. The summed E-state index contributed by atoms with van der Waals surface area (Å²) < 4.78 is 5.05. The van der Waals surface area contributed by atoms with Crippen LogP contribution in [0, 0.1) is 0 Å². The quantitative estimate of drug-likeness (QED) is 0.429. The van der Waals surface area contributed by atoms with Gasteiger partial charge in [-0.05, 0) is 27.7 Å². The van der Waals surface area contributed by atoms with E-state index < -0.39 is 18.5 Å². The molecule has 0 fully saturated rings. The van der Waals surface area contributed by atoms with Crippen molar-refractivity contribution < 1.29 is 24.9 Å². The Balaban J connectivity index is 0. The highest BCUT2D eigenvalue weighted by Gasteiger charge is 2.34. The first-order valence-electron chi connectivity index (χ1n) is 3.86. The first-order valence-corrected chi connectivity index (χ1v) is 3.86. The minimum atomic E-state index is -2.17. The molecule has 0 atom stereocenters. The number of aliphatic hydroxyl groups is 1. The Labute approximate surface area is 79.2 Å². The van der Waals surface area contributed by atoms with Crippen molar-refractivity contribution in [3.05, 3.63) is 0 Å². The van der Waals surface area contributed by atoms with Crippen molar-refractivity contribution >= 4 is 7.32 Å². The van der Waals surface area contributed by atoms with Crippen LogP contribution < -0.4 is 0 Å². The van der Waals surface area contributed by atoms with Crippen molar-refractivity contribution in [3.63, 3.8) is 0 Å². The lowest BCUT2D eigenvalue weighted by atomic mass is 9.90. The van der Waals surface area contributed by atoms with Crippen molar-refractivity contribution in [1.29, 1.82) is 0 Å². The standard InChI is InChI=1S/C7H16O2.BH3O3/c1-6(2,8)7(3,4)9-5;2-1(3)4/h8H,1-5H3;2-4H. The average molecular weight is 194 g/mol. The van der Waals surface area contributed by atoms with Crippen molar-refractivity contribution in [3.8, 4) is 0 Å². The second-order valence-corrected chi connectivity index (χ2v) is 3.62. The number of hydrogen-bond acceptors (Lipinski definition) is 5. The molecule has 0 aromatic heterocycles. The predicted molar refractivity (Wildman–Crippen MR) is 49.8 cm³/mol. The minimum Gasteiger partial charge on any atom is -0.402 e. The molecule has 0 amide bonds. The van der Waals surface area contributed by atoms with Crippen LogP contribution in [-0.2, 0) is 4.74 Å². The molecule has 80 valence electrons. The lowest BCUT2D eigenvalue weighted by Crippen LogP contribution is -2.46. The topological polar surface area (TPSA) is 90.2 Å². The smallest absolute Gasteiger partial charge is 0.402 e. The zero-order valence-electron chi connectivity index (χ0n) is 8.77. The Morgan fingerprint density at radius 3 is 1.23 bits per heavy atom. The molecule has 0 radical (unpaired) electrons. The SMILES string of the molecule is COC(C)(C)C(C)(C)O.OB(O)O. The first-order chi connectivity index (χ1) is 5.54. The lowest BCUT2D eigenvalue weighted by molar-refractivity contribution is -0.129. The molecule has 0 spiro atoms. The molecule has 0 saturated carbocycles. The first kappa shape index (κ1) is 15.3. The Morgan fingerprint density at radius 1 is 1.00 bits per heavy atom. The molecule has 6 heteroatoms. The summed E-state index contributed by atoms with van der Waals surface area (Å²) in [5, 5.41) is 30.9. The van der Waals surface area contributed by atoms with Gasteiger partial charge in [-0.25, -0.2) is 0 Å². The van der Waals surface area contributed by atoms with Crippen LogP contribution >= 0.6 is 0 Å². The average Bonchev–Trinajstić information content (AvgIpc) is 1.84. The zero-order valence-corrected chi connectivity index (χ0v) is 8.77. The van der Waals surface area contributed by atoms with Crippen molar-refractivity contribution in [1.82, 2.24) is 0 Å². The van der Waals surface area contributed by atoms with Gasteiger partial charge in [-0.3, -0.25) is 0 Å². The summed E-state index contributed by atoms with van der Waals surface area (Å²) in [5.41, 5.74) is -1.24. The molecule has 0 aliphatic heterocycles. The van der Waals surface area contributed by atoms with Crippen molar-refractivity contribution in [2.24, 2.45) is 0 Å². The fraction of sp³-hybridized carbons (Fsp3) is 1.00. The molecule has 0 aliphatic rings. The highest BCUT2D eigenvalue weighted by atomic mass is 16.5. The number of methoxy groups -OCH3 is 1.